The van der Waals surface area contributed by atoms with Crippen molar-refractivity contribution in [2.75, 3.05) is 11.5 Å². The first kappa shape index (κ1) is 60.2. The minimum atomic E-state index is -1.84. The third kappa shape index (κ3) is 11.6. The van der Waals surface area contributed by atoms with Crippen molar-refractivity contribution in [1.29, 1.82) is 0 Å². The van der Waals surface area contributed by atoms with Gasteiger partial charge in [0.25, 0.3) is 11.1 Å². The quantitative estimate of drug-likeness (QED) is 0.0400. The van der Waals surface area contributed by atoms with Crippen LogP contribution in [0.2, 0.25) is 50.4 Å². The summed E-state index contributed by atoms with van der Waals surface area (Å²) in [5.74, 6) is -0.750. The molecule has 2 N–H and O–H groups in total. The molecule has 6 aromatic heterocycles. The summed E-state index contributed by atoms with van der Waals surface area (Å²) in [6, 6.07) is 35.4. The molecule has 19 heteroatoms. The van der Waals surface area contributed by atoms with E-state index >= 15 is 0 Å². The third-order valence-corrected chi connectivity index (χ3v) is 24.9. The van der Waals surface area contributed by atoms with E-state index in [2.05, 4.69) is 72.0 Å². The molecule has 2 atom stereocenters. The average Bonchev–Trinajstić information content (AvgIpc) is 1.68. The highest BCUT2D eigenvalue weighted by Crippen LogP contribution is 2.43. The fourth-order valence-electron chi connectivity index (χ4n) is 12.4. The summed E-state index contributed by atoms with van der Waals surface area (Å²) in [5, 5.41) is 24.6. The van der Waals surface area contributed by atoms with Gasteiger partial charge in [0, 0.05) is 80.2 Å². The first-order valence-electron chi connectivity index (χ1n) is 29.1. The van der Waals surface area contributed by atoms with Crippen molar-refractivity contribution in [3.05, 3.63) is 185 Å². The summed E-state index contributed by atoms with van der Waals surface area (Å²) in [6.45, 7) is 14.5. The summed E-state index contributed by atoms with van der Waals surface area (Å²) >= 11 is 2.46. The minimum absolute atomic E-state index is 0.0376. The molecule has 2 aromatic carbocycles. The van der Waals surface area contributed by atoms with Crippen molar-refractivity contribution < 1.29 is 34.0 Å². The van der Waals surface area contributed by atoms with Crippen molar-refractivity contribution in [3.8, 4) is 28.7 Å². The van der Waals surface area contributed by atoms with Crippen molar-refractivity contribution in [1.82, 2.24) is 28.7 Å². The number of aromatic nitrogens is 6. The number of rotatable bonds is 16. The lowest BCUT2D eigenvalue weighted by Gasteiger charge is -2.31. The van der Waals surface area contributed by atoms with Gasteiger partial charge in [0.2, 0.25) is 11.4 Å². The van der Waals surface area contributed by atoms with Crippen LogP contribution in [0.25, 0.3) is 44.6 Å². The van der Waals surface area contributed by atoms with Crippen LogP contribution in [0.1, 0.15) is 84.0 Å². The summed E-state index contributed by atoms with van der Waals surface area (Å²) in [4.78, 5) is 78.2. The van der Waals surface area contributed by atoms with E-state index in [4.69, 9.17) is 24.2 Å². The van der Waals surface area contributed by atoms with Crippen molar-refractivity contribution >= 4 is 72.5 Å². The molecule has 0 amide bonds. The first-order chi connectivity index (χ1) is 40.3. The highest BCUT2D eigenvalue weighted by molar-refractivity contribution is 14.1. The number of nitrogens with zero attached hydrogens (tertiary/aromatic N) is 6. The molecule has 0 saturated heterocycles. The van der Waals surface area contributed by atoms with E-state index < -0.39 is 39.3 Å². The lowest BCUT2D eigenvalue weighted by Crippen LogP contribution is -2.44. The number of carbonyl (C=O) groups excluding carboxylic acids is 2. The second-order valence-electron chi connectivity index (χ2n) is 23.9. The molecule has 0 radical (unpaired) electrons. The third-order valence-electron chi connectivity index (χ3n) is 17.5. The van der Waals surface area contributed by atoms with Crippen molar-refractivity contribution in [3.63, 3.8) is 0 Å². The van der Waals surface area contributed by atoms with Crippen LogP contribution >= 0.6 is 22.6 Å². The molecule has 0 spiro atoms. The fourth-order valence-corrected chi connectivity index (χ4v) is 18.1. The minimum Gasteiger partial charge on any atom is -0.481 e. The van der Waals surface area contributed by atoms with Crippen LogP contribution in [0.4, 0.5) is 0 Å². The second-order valence-corrected chi connectivity index (χ2v) is 35.6. The van der Waals surface area contributed by atoms with Gasteiger partial charge in [-0.1, -0.05) is 135 Å². The number of halogens is 1. The maximum atomic E-state index is 13.7. The zero-order valence-corrected chi connectivity index (χ0v) is 53.1. The smallest absolute Gasteiger partial charge is 0.343 e. The molecule has 10 heterocycles. The molecule has 0 bridgehead atoms. The van der Waals surface area contributed by atoms with Crippen LogP contribution in [0.5, 0.6) is 5.88 Å². The van der Waals surface area contributed by atoms with E-state index in [1.54, 1.807) is 71.2 Å². The summed E-state index contributed by atoms with van der Waals surface area (Å²) in [7, 11) is -1.36. The number of aryl methyl sites for hydroxylation is 3. The van der Waals surface area contributed by atoms with Gasteiger partial charge < -0.3 is 38.1 Å². The summed E-state index contributed by atoms with van der Waals surface area (Å²) < 4.78 is 21.7. The molecule has 8 aromatic rings. The molecule has 0 saturated carbocycles. The van der Waals surface area contributed by atoms with Crippen LogP contribution in [-0.4, -0.2) is 78.5 Å². The van der Waals surface area contributed by atoms with Gasteiger partial charge in [-0.15, -0.1) is 0 Å². The molecular formula is C65H73IN6O10Si2. The van der Waals surface area contributed by atoms with E-state index in [9.17, 15) is 34.2 Å². The summed E-state index contributed by atoms with van der Waals surface area (Å²) in [6.07, 6.45) is 7.87. The van der Waals surface area contributed by atoms with E-state index in [1.165, 1.54) is 34.1 Å². The molecule has 4 aliphatic heterocycles. The average molecular weight is 1280 g/mol. The number of fused-ring (bicyclic) bond motifs is 10. The van der Waals surface area contributed by atoms with E-state index in [0.29, 0.717) is 52.6 Å². The number of methoxy groups -OCH3 is 1. The van der Waals surface area contributed by atoms with Gasteiger partial charge in [-0.2, -0.15) is 0 Å². The van der Waals surface area contributed by atoms with E-state index in [0.717, 1.165) is 82.2 Å². The molecule has 0 fully saturated rings. The number of para-hydroxylation sites is 2. The zero-order valence-electron chi connectivity index (χ0n) is 48.9. The zero-order chi connectivity index (χ0) is 59.7. The van der Waals surface area contributed by atoms with Crippen LogP contribution in [0, 0.1) is 0 Å². The Bertz CT molecular complexity index is 4030. The van der Waals surface area contributed by atoms with Crippen LogP contribution in [0.15, 0.2) is 124 Å². The largest absolute Gasteiger partial charge is 0.481 e. The number of pyridine rings is 6. The highest BCUT2D eigenvalue weighted by atomic mass is 127. The number of benzene rings is 2. The second kappa shape index (κ2) is 24.6. The predicted molar refractivity (Wildman–Crippen MR) is 340 cm³/mol. The lowest BCUT2D eigenvalue weighted by molar-refractivity contribution is -0.172. The number of hydrogen-bond acceptors (Lipinski definition) is 13. The maximum absolute atomic E-state index is 13.7. The molecule has 84 heavy (non-hydrogen) atoms. The molecule has 4 aliphatic rings. The molecule has 438 valence electrons. The highest BCUT2D eigenvalue weighted by Gasteiger charge is 2.47. The Morgan fingerprint density at radius 2 is 1.10 bits per heavy atom. The van der Waals surface area contributed by atoms with Gasteiger partial charge in [0.05, 0.1) is 65.1 Å². The number of ether oxygens (including phenoxy) is 3. The van der Waals surface area contributed by atoms with Gasteiger partial charge >= 0.3 is 11.9 Å². The van der Waals surface area contributed by atoms with E-state index in [1.807, 2.05) is 54.7 Å². The molecule has 0 unspecified atom stereocenters. The SMILES string of the molecule is CC[C@@]1(O)C(=O)OCc2c1cc1n(c2=O)Cc2c-1nc1ccccc1c2CC[Si](C)(C)CCCI.CC[C@@]1(O)C(=O)OCc2c1cc1n(c2=O)Cc2c-1nc1ccccc1c2CC[Si](C)(C)CCCn1ccccc1=O.COc1ccccn1. The molecule has 12 rings (SSSR count). The number of hydrogen-bond donors (Lipinski definition) is 2. The van der Waals surface area contributed by atoms with Gasteiger partial charge in [0.15, 0.2) is 11.2 Å². The summed E-state index contributed by atoms with van der Waals surface area (Å²) in [5.41, 5.74) is 6.61. The normalized spacial score (nSPS) is 17.3. The van der Waals surface area contributed by atoms with Crippen molar-refractivity contribution in [2.45, 2.75) is 147 Å². The van der Waals surface area contributed by atoms with Crippen LogP contribution in [0.3, 0.4) is 0 Å². The molecule has 16 nitrogen and oxygen atoms in total. The Labute approximate surface area is 504 Å². The number of aliphatic hydroxyl groups is 2. The van der Waals surface area contributed by atoms with Gasteiger partial charge in [-0.05, 0) is 90.5 Å². The van der Waals surface area contributed by atoms with Gasteiger partial charge in [-0.25, -0.2) is 24.5 Å². The number of carbonyl (C=O) groups is 2. The van der Waals surface area contributed by atoms with Crippen molar-refractivity contribution in [2.24, 2.45) is 0 Å². The Morgan fingerprint density at radius 3 is 1.54 bits per heavy atom. The standard InChI is InChI=1S/C32H35N3O5Si.C27H31IN2O4Si.C6H7NO/c1-4-32(39)25-18-27-29-23(19-35(27)30(37)24(25)20-40-31(32)38)21(22-10-5-6-11-26(22)33-29)13-17-41(2,3)16-9-15-34-14-8-7-12-28(34)36;1-4-27(33)21-14-23-24-19(15-30(23)25(31)20(21)16-34-26(27)32)17(10-13-35(2,3)12-7-11-28)18-8-5-6-9-22(18)29-24;1-8-6-4-2-3-5-7-6/h5-8,10-12,14,18,39H,4,9,13,15-17,19-20H2,1-3H3;5-6,8-9,14,33H,4,7,10-13,15-16H2,1-3H3;2-5H,1H3/t32-;27-;/m00./s1. The lowest BCUT2D eigenvalue weighted by atomic mass is 9.86. The molecular weight excluding hydrogens is 1210 g/mol. The van der Waals surface area contributed by atoms with E-state index in [-0.39, 0.29) is 42.7 Å². The Hall–Kier alpha value is -6.92. The predicted octanol–water partition coefficient (Wildman–Crippen LogP) is 10.8. The van der Waals surface area contributed by atoms with Crippen LogP contribution < -0.4 is 21.4 Å². The topological polar surface area (TPSA) is 207 Å². The van der Waals surface area contributed by atoms with Gasteiger partial charge in [-0.3, -0.25) is 14.4 Å². The Balaban J connectivity index is 0.000000167. The Morgan fingerprint density at radius 1 is 0.619 bits per heavy atom. The maximum Gasteiger partial charge on any atom is 0.343 e. The first-order valence-corrected chi connectivity index (χ1v) is 37.4. The number of alkyl halides is 1. The van der Waals surface area contributed by atoms with Crippen LogP contribution in [-0.2, 0) is 76.0 Å². The fraction of sp³-hybridized carbons (Fsp3) is 0.385. The number of cyclic esters (lactones) is 2. The number of esters is 2. The monoisotopic (exact) mass is 1280 g/mol. The van der Waals surface area contributed by atoms with Gasteiger partial charge in [0.1, 0.15) is 13.2 Å². The Kier molecular flexibility index (Phi) is 17.6. The molecule has 0 aliphatic carbocycles.